The molecule has 0 aliphatic carbocycles. The summed E-state index contributed by atoms with van der Waals surface area (Å²) >= 11 is 0. The SMILES string of the molecule is CCCCC(=O)Nc1ccc(NC(=O)/C=C/c2ccc(-c3ccccc3)o2)cc1OC. The highest BCUT2D eigenvalue weighted by Crippen LogP contribution is 2.28. The Morgan fingerprint density at radius 3 is 2.58 bits per heavy atom. The first kappa shape index (κ1) is 21.9. The maximum atomic E-state index is 12.3. The lowest BCUT2D eigenvalue weighted by Crippen LogP contribution is -2.12. The van der Waals surface area contributed by atoms with E-state index in [1.807, 2.05) is 49.4 Å². The predicted molar refractivity (Wildman–Crippen MR) is 123 cm³/mol. The Hall–Kier alpha value is -3.80. The fraction of sp³-hybridized carbons (Fsp3) is 0.200. The van der Waals surface area contributed by atoms with E-state index in [-0.39, 0.29) is 11.8 Å². The standard InChI is InChI=1S/C25H26N2O4/c1-3-4-10-24(28)27-21-14-11-19(17-23(21)30-2)26-25(29)16-13-20-12-15-22(31-20)18-8-6-5-7-9-18/h5-9,11-17H,3-4,10H2,1-2H3,(H,26,29)(H,27,28)/b16-13+. The number of carbonyl (C=O) groups excluding carboxylic acids is 2. The zero-order valence-electron chi connectivity index (χ0n) is 17.7. The summed E-state index contributed by atoms with van der Waals surface area (Å²) in [7, 11) is 1.52. The van der Waals surface area contributed by atoms with E-state index in [2.05, 4.69) is 10.6 Å². The molecule has 0 aliphatic heterocycles. The molecule has 0 aliphatic rings. The highest BCUT2D eigenvalue weighted by molar-refractivity contribution is 6.02. The smallest absolute Gasteiger partial charge is 0.248 e. The van der Waals surface area contributed by atoms with Gasteiger partial charge in [0.05, 0.1) is 12.8 Å². The lowest BCUT2D eigenvalue weighted by Gasteiger charge is -2.12. The van der Waals surface area contributed by atoms with Crippen molar-refractivity contribution in [2.75, 3.05) is 17.7 Å². The van der Waals surface area contributed by atoms with Crippen molar-refractivity contribution >= 4 is 29.3 Å². The number of hydrogen-bond donors (Lipinski definition) is 2. The van der Waals surface area contributed by atoms with Gasteiger partial charge < -0.3 is 19.8 Å². The fourth-order valence-electron chi connectivity index (χ4n) is 2.96. The van der Waals surface area contributed by atoms with E-state index in [4.69, 9.17) is 9.15 Å². The summed E-state index contributed by atoms with van der Waals surface area (Å²) in [4.78, 5) is 24.3. The molecular weight excluding hydrogens is 392 g/mol. The van der Waals surface area contributed by atoms with Gasteiger partial charge in [0.25, 0.3) is 0 Å². The number of anilines is 2. The Kier molecular flexibility index (Phi) is 7.65. The van der Waals surface area contributed by atoms with Crippen molar-refractivity contribution in [1.29, 1.82) is 0 Å². The topological polar surface area (TPSA) is 80.6 Å². The van der Waals surface area contributed by atoms with Crippen molar-refractivity contribution < 1.29 is 18.7 Å². The zero-order valence-corrected chi connectivity index (χ0v) is 17.7. The van der Waals surface area contributed by atoms with E-state index in [1.54, 1.807) is 24.3 Å². The van der Waals surface area contributed by atoms with Crippen LogP contribution in [0.1, 0.15) is 31.9 Å². The van der Waals surface area contributed by atoms with E-state index in [9.17, 15) is 9.59 Å². The van der Waals surface area contributed by atoms with Crippen LogP contribution >= 0.6 is 0 Å². The lowest BCUT2D eigenvalue weighted by atomic mass is 10.2. The quantitative estimate of drug-likeness (QED) is 0.435. The van der Waals surface area contributed by atoms with Gasteiger partial charge in [0.2, 0.25) is 11.8 Å². The number of ether oxygens (including phenoxy) is 1. The first-order valence-electron chi connectivity index (χ1n) is 10.2. The van der Waals surface area contributed by atoms with Crippen LogP contribution in [0.2, 0.25) is 0 Å². The molecule has 0 spiro atoms. The number of methoxy groups -OCH3 is 1. The first-order valence-corrected chi connectivity index (χ1v) is 10.2. The number of benzene rings is 2. The molecule has 6 nitrogen and oxygen atoms in total. The Balaban J connectivity index is 1.61. The van der Waals surface area contributed by atoms with Gasteiger partial charge >= 0.3 is 0 Å². The summed E-state index contributed by atoms with van der Waals surface area (Å²) in [5.74, 6) is 1.43. The second kappa shape index (κ2) is 10.8. The largest absolute Gasteiger partial charge is 0.494 e. The summed E-state index contributed by atoms with van der Waals surface area (Å²) in [5.41, 5.74) is 2.10. The van der Waals surface area contributed by atoms with Crippen LogP contribution in [-0.4, -0.2) is 18.9 Å². The molecule has 3 aromatic rings. The Morgan fingerprint density at radius 1 is 1.03 bits per heavy atom. The maximum Gasteiger partial charge on any atom is 0.248 e. The van der Waals surface area contributed by atoms with E-state index >= 15 is 0 Å². The molecule has 1 heterocycles. The van der Waals surface area contributed by atoms with Crippen molar-refractivity contribution in [2.45, 2.75) is 26.2 Å². The van der Waals surface area contributed by atoms with E-state index in [1.165, 1.54) is 13.2 Å². The second-order valence-corrected chi connectivity index (χ2v) is 6.96. The summed E-state index contributed by atoms with van der Waals surface area (Å²) in [5, 5.41) is 5.62. The Morgan fingerprint density at radius 2 is 1.84 bits per heavy atom. The highest BCUT2D eigenvalue weighted by Gasteiger charge is 2.09. The monoisotopic (exact) mass is 418 g/mol. The number of rotatable bonds is 9. The molecule has 0 radical (unpaired) electrons. The molecule has 2 amide bonds. The van der Waals surface area contributed by atoms with Gasteiger partial charge in [-0.25, -0.2) is 0 Å². The number of carbonyl (C=O) groups is 2. The number of hydrogen-bond acceptors (Lipinski definition) is 4. The van der Waals surface area contributed by atoms with Gasteiger partial charge in [-0.3, -0.25) is 9.59 Å². The Bertz CT molecular complexity index is 1050. The van der Waals surface area contributed by atoms with Crippen LogP contribution in [0.5, 0.6) is 5.75 Å². The lowest BCUT2D eigenvalue weighted by molar-refractivity contribution is -0.116. The van der Waals surface area contributed by atoms with Crippen LogP contribution in [0.3, 0.4) is 0 Å². The molecule has 0 atom stereocenters. The van der Waals surface area contributed by atoms with E-state index < -0.39 is 0 Å². The summed E-state index contributed by atoms with van der Waals surface area (Å²) in [6.07, 6.45) is 5.26. The minimum atomic E-state index is -0.306. The molecule has 2 aromatic carbocycles. The zero-order chi connectivity index (χ0) is 22.1. The molecule has 0 bridgehead atoms. The fourth-order valence-corrected chi connectivity index (χ4v) is 2.96. The molecule has 0 fully saturated rings. The van der Waals surface area contributed by atoms with E-state index in [0.29, 0.717) is 29.3 Å². The molecule has 0 saturated heterocycles. The van der Waals surface area contributed by atoms with Crippen LogP contribution < -0.4 is 15.4 Å². The molecular formula is C25H26N2O4. The van der Waals surface area contributed by atoms with Crippen molar-refractivity contribution in [3.8, 4) is 17.1 Å². The van der Waals surface area contributed by atoms with Gasteiger partial charge in [-0.2, -0.15) is 0 Å². The predicted octanol–water partition coefficient (Wildman–Crippen LogP) is 5.74. The maximum absolute atomic E-state index is 12.3. The summed E-state index contributed by atoms with van der Waals surface area (Å²) in [6.45, 7) is 2.04. The normalized spacial score (nSPS) is 10.8. The number of unbranched alkanes of at least 4 members (excludes halogenated alkanes) is 1. The Labute approximate surface area is 181 Å². The van der Waals surface area contributed by atoms with Crippen LogP contribution in [-0.2, 0) is 9.59 Å². The first-order chi connectivity index (χ1) is 15.1. The minimum absolute atomic E-state index is 0.0619. The number of amides is 2. The third-order valence-electron chi connectivity index (χ3n) is 4.58. The van der Waals surface area contributed by atoms with Gasteiger partial charge in [0.1, 0.15) is 17.3 Å². The average molecular weight is 418 g/mol. The van der Waals surface area contributed by atoms with Gasteiger partial charge in [0.15, 0.2) is 0 Å². The molecule has 0 saturated carbocycles. The molecule has 31 heavy (non-hydrogen) atoms. The van der Waals surface area contributed by atoms with Gasteiger partial charge in [-0.1, -0.05) is 43.7 Å². The van der Waals surface area contributed by atoms with Crippen molar-refractivity contribution in [3.05, 3.63) is 72.5 Å². The highest BCUT2D eigenvalue weighted by atomic mass is 16.5. The van der Waals surface area contributed by atoms with Crippen LogP contribution in [0, 0.1) is 0 Å². The van der Waals surface area contributed by atoms with Crippen LogP contribution in [0.4, 0.5) is 11.4 Å². The minimum Gasteiger partial charge on any atom is -0.494 e. The van der Waals surface area contributed by atoms with Gasteiger partial charge in [0, 0.05) is 29.8 Å². The third kappa shape index (κ3) is 6.34. The van der Waals surface area contributed by atoms with Crippen molar-refractivity contribution in [1.82, 2.24) is 0 Å². The molecule has 160 valence electrons. The summed E-state index contributed by atoms with van der Waals surface area (Å²) in [6, 6.07) is 18.5. The molecule has 6 heteroatoms. The van der Waals surface area contributed by atoms with Crippen LogP contribution in [0.15, 0.2) is 71.2 Å². The van der Waals surface area contributed by atoms with Crippen molar-refractivity contribution in [2.24, 2.45) is 0 Å². The summed E-state index contributed by atoms with van der Waals surface area (Å²) < 4.78 is 11.1. The third-order valence-corrected chi connectivity index (χ3v) is 4.58. The number of nitrogens with one attached hydrogen (secondary N) is 2. The molecule has 1 aromatic heterocycles. The average Bonchev–Trinajstić information content (AvgIpc) is 3.27. The van der Waals surface area contributed by atoms with Crippen LogP contribution in [0.25, 0.3) is 17.4 Å². The van der Waals surface area contributed by atoms with Gasteiger partial charge in [-0.05, 0) is 36.8 Å². The van der Waals surface area contributed by atoms with Gasteiger partial charge in [-0.15, -0.1) is 0 Å². The van der Waals surface area contributed by atoms with E-state index in [0.717, 1.165) is 24.2 Å². The molecule has 3 rings (SSSR count). The molecule has 0 unspecified atom stereocenters. The second-order valence-electron chi connectivity index (χ2n) is 6.96. The number of furan rings is 1. The molecule has 2 N–H and O–H groups in total. The van der Waals surface area contributed by atoms with Crippen molar-refractivity contribution in [3.63, 3.8) is 0 Å².